The first kappa shape index (κ1) is 17.1. The van der Waals surface area contributed by atoms with Crippen molar-refractivity contribution in [3.05, 3.63) is 58.3 Å². The number of nitrogens with one attached hydrogen (secondary N) is 1. The molecule has 0 aliphatic rings. The molecule has 3 rings (SSSR count). The topological polar surface area (TPSA) is 81.9 Å². The zero-order valence-corrected chi connectivity index (χ0v) is 15.3. The standard InChI is InChI=1S/C17H16BrN5O2/c1-3-16-20-21-22-23(16)15-7-5-4-6-14(15)19-17(24)12-10-11(25-2)8-9-13(12)18/h4-10H,3H2,1-2H3,(H,19,24). The molecule has 0 bridgehead atoms. The first-order chi connectivity index (χ1) is 12.1. The van der Waals surface area contributed by atoms with Crippen molar-refractivity contribution < 1.29 is 9.53 Å². The fraction of sp³-hybridized carbons (Fsp3) is 0.176. The van der Waals surface area contributed by atoms with Gasteiger partial charge in [0.1, 0.15) is 5.75 Å². The van der Waals surface area contributed by atoms with Gasteiger partial charge in [0, 0.05) is 10.9 Å². The van der Waals surface area contributed by atoms with E-state index in [1.165, 1.54) is 0 Å². The molecule has 0 aliphatic carbocycles. The number of anilines is 1. The molecule has 0 spiro atoms. The van der Waals surface area contributed by atoms with Gasteiger partial charge in [-0.15, -0.1) is 5.10 Å². The first-order valence-electron chi connectivity index (χ1n) is 7.65. The minimum absolute atomic E-state index is 0.260. The Morgan fingerprint density at radius 2 is 2.08 bits per heavy atom. The molecule has 1 aromatic heterocycles. The molecule has 0 unspecified atom stereocenters. The molecule has 0 radical (unpaired) electrons. The van der Waals surface area contributed by atoms with Gasteiger partial charge in [0.25, 0.3) is 5.91 Å². The number of hydrogen-bond acceptors (Lipinski definition) is 5. The van der Waals surface area contributed by atoms with Gasteiger partial charge in [-0.3, -0.25) is 4.79 Å². The van der Waals surface area contributed by atoms with Crippen LogP contribution in [0.5, 0.6) is 5.75 Å². The van der Waals surface area contributed by atoms with Crippen LogP contribution in [0.25, 0.3) is 5.69 Å². The number of aromatic nitrogens is 4. The summed E-state index contributed by atoms with van der Waals surface area (Å²) in [4.78, 5) is 12.7. The largest absolute Gasteiger partial charge is 0.497 e. The van der Waals surface area contributed by atoms with E-state index in [2.05, 4.69) is 36.8 Å². The third kappa shape index (κ3) is 3.53. The minimum Gasteiger partial charge on any atom is -0.497 e. The molecule has 0 aliphatic heterocycles. The lowest BCUT2D eigenvalue weighted by Crippen LogP contribution is -2.15. The summed E-state index contributed by atoms with van der Waals surface area (Å²) in [6.45, 7) is 1.97. The number of ether oxygens (including phenoxy) is 1. The first-order valence-corrected chi connectivity index (χ1v) is 8.45. The number of hydrogen-bond donors (Lipinski definition) is 1. The molecule has 3 aromatic rings. The Balaban J connectivity index is 1.95. The van der Waals surface area contributed by atoms with E-state index in [0.29, 0.717) is 39.4 Å². The van der Waals surface area contributed by atoms with Crippen molar-refractivity contribution in [2.75, 3.05) is 12.4 Å². The van der Waals surface area contributed by atoms with Crippen LogP contribution >= 0.6 is 15.9 Å². The second kappa shape index (κ2) is 7.43. The van der Waals surface area contributed by atoms with Gasteiger partial charge in [0.15, 0.2) is 5.82 Å². The Morgan fingerprint density at radius 1 is 1.28 bits per heavy atom. The molecule has 0 saturated heterocycles. The monoisotopic (exact) mass is 401 g/mol. The van der Waals surface area contributed by atoms with Crippen molar-refractivity contribution in [1.82, 2.24) is 20.2 Å². The number of tetrazole rings is 1. The van der Waals surface area contributed by atoms with Crippen molar-refractivity contribution in [3.8, 4) is 11.4 Å². The third-order valence-corrected chi connectivity index (χ3v) is 4.34. The van der Waals surface area contributed by atoms with Crippen molar-refractivity contribution in [2.24, 2.45) is 0 Å². The van der Waals surface area contributed by atoms with Gasteiger partial charge in [-0.2, -0.15) is 4.68 Å². The fourth-order valence-corrected chi connectivity index (χ4v) is 2.80. The van der Waals surface area contributed by atoms with Crippen molar-refractivity contribution in [2.45, 2.75) is 13.3 Å². The Hall–Kier alpha value is -2.74. The van der Waals surface area contributed by atoms with Crippen LogP contribution in [-0.2, 0) is 6.42 Å². The zero-order valence-electron chi connectivity index (χ0n) is 13.7. The van der Waals surface area contributed by atoms with E-state index in [-0.39, 0.29) is 5.91 Å². The number of methoxy groups -OCH3 is 1. The maximum Gasteiger partial charge on any atom is 0.257 e. The molecule has 25 heavy (non-hydrogen) atoms. The molecule has 1 heterocycles. The summed E-state index contributed by atoms with van der Waals surface area (Å²) in [5.41, 5.74) is 1.79. The summed E-state index contributed by atoms with van der Waals surface area (Å²) in [6.07, 6.45) is 0.677. The molecule has 1 N–H and O–H groups in total. The van der Waals surface area contributed by atoms with Crippen LogP contribution in [0.2, 0.25) is 0 Å². The molecular formula is C17H16BrN5O2. The summed E-state index contributed by atoms with van der Waals surface area (Å²) < 4.78 is 7.49. The molecule has 8 heteroatoms. The van der Waals surface area contributed by atoms with Gasteiger partial charge in [-0.1, -0.05) is 19.1 Å². The molecule has 0 fully saturated rings. The second-order valence-electron chi connectivity index (χ2n) is 5.18. The number of carbonyl (C=O) groups excluding carboxylic acids is 1. The average Bonchev–Trinajstić information content (AvgIpc) is 3.11. The third-order valence-electron chi connectivity index (χ3n) is 3.65. The normalized spacial score (nSPS) is 10.5. The molecule has 128 valence electrons. The zero-order chi connectivity index (χ0) is 17.8. The molecule has 0 saturated carbocycles. The van der Waals surface area contributed by atoms with Gasteiger partial charge in [0.05, 0.1) is 24.0 Å². The summed E-state index contributed by atoms with van der Waals surface area (Å²) >= 11 is 3.40. The quantitative estimate of drug-likeness (QED) is 0.709. The Labute approximate surface area is 153 Å². The summed E-state index contributed by atoms with van der Waals surface area (Å²) in [6, 6.07) is 12.6. The van der Waals surface area contributed by atoms with E-state index in [0.717, 1.165) is 0 Å². The smallest absolute Gasteiger partial charge is 0.257 e. The fourth-order valence-electron chi connectivity index (χ4n) is 2.37. The number of para-hydroxylation sites is 2. The lowest BCUT2D eigenvalue weighted by molar-refractivity contribution is 0.102. The Bertz CT molecular complexity index is 910. The molecule has 1 amide bonds. The van der Waals surface area contributed by atoms with Crippen molar-refractivity contribution in [1.29, 1.82) is 0 Å². The van der Waals surface area contributed by atoms with Gasteiger partial charge < -0.3 is 10.1 Å². The van der Waals surface area contributed by atoms with Gasteiger partial charge in [-0.25, -0.2) is 0 Å². The Morgan fingerprint density at radius 3 is 2.84 bits per heavy atom. The average molecular weight is 402 g/mol. The van der Waals surface area contributed by atoms with E-state index in [9.17, 15) is 4.79 Å². The van der Waals surface area contributed by atoms with E-state index in [1.54, 1.807) is 30.0 Å². The number of benzene rings is 2. The lowest BCUT2D eigenvalue weighted by atomic mass is 10.2. The minimum atomic E-state index is -0.260. The highest BCUT2D eigenvalue weighted by atomic mass is 79.9. The predicted octanol–water partition coefficient (Wildman–Crippen LogP) is 3.25. The highest BCUT2D eigenvalue weighted by Crippen LogP contribution is 2.25. The summed E-state index contributed by atoms with van der Waals surface area (Å²) in [7, 11) is 1.56. The number of halogens is 1. The van der Waals surface area contributed by atoms with Crippen LogP contribution in [0, 0.1) is 0 Å². The molecule has 7 nitrogen and oxygen atoms in total. The molecule has 0 atom stereocenters. The predicted molar refractivity (Wildman–Crippen MR) is 97.2 cm³/mol. The number of amides is 1. The SMILES string of the molecule is CCc1nnnn1-c1ccccc1NC(=O)c1cc(OC)ccc1Br. The van der Waals surface area contributed by atoms with Crippen LogP contribution in [0.15, 0.2) is 46.9 Å². The number of aryl methyl sites for hydroxylation is 1. The van der Waals surface area contributed by atoms with Crippen LogP contribution < -0.4 is 10.1 Å². The lowest BCUT2D eigenvalue weighted by Gasteiger charge is -2.13. The van der Waals surface area contributed by atoms with E-state index < -0.39 is 0 Å². The van der Waals surface area contributed by atoms with Crippen molar-refractivity contribution >= 4 is 27.5 Å². The number of nitrogens with zero attached hydrogens (tertiary/aromatic N) is 4. The molecule has 2 aromatic carbocycles. The Kier molecular flexibility index (Phi) is 5.08. The van der Waals surface area contributed by atoms with Crippen LogP contribution in [0.4, 0.5) is 5.69 Å². The van der Waals surface area contributed by atoms with Gasteiger partial charge >= 0.3 is 0 Å². The van der Waals surface area contributed by atoms with Gasteiger partial charge in [0.2, 0.25) is 0 Å². The summed E-state index contributed by atoms with van der Waals surface area (Å²) in [5, 5.41) is 14.6. The van der Waals surface area contributed by atoms with Crippen LogP contribution in [-0.4, -0.2) is 33.2 Å². The van der Waals surface area contributed by atoms with Crippen LogP contribution in [0.1, 0.15) is 23.1 Å². The van der Waals surface area contributed by atoms with Gasteiger partial charge in [-0.05, 0) is 56.7 Å². The van der Waals surface area contributed by atoms with E-state index in [1.807, 2.05) is 31.2 Å². The van der Waals surface area contributed by atoms with Crippen LogP contribution in [0.3, 0.4) is 0 Å². The van der Waals surface area contributed by atoms with E-state index >= 15 is 0 Å². The second-order valence-corrected chi connectivity index (χ2v) is 6.03. The number of rotatable bonds is 5. The molecular weight excluding hydrogens is 386 g/mol. The van der Waals surface area contributed by atoms with Crippen molar-refractivity contribution in [3.63, 3.8) is 0 Å². The summed E-state index contributed by atoms with van der Waals surface area (Å²) in [5.74, 6) is 1.06. The maximum atomic E-state index is 12.7. The van der Waals surface area contributed by atoms with E-state index in [4.69, 9.17) is 4.74 Å². The number of carbonyl (C=O) groups is 1. The highest BCUT2D eigenvalue weighted by Gasteiger charge is 2.16. The maximum absolute atomic E-state index is 12.7. The highest BCUT2D eigenvalue weighted by molar-refractivity contribution is 9.10.